The summed E-state index contributed by atoms with van der Waals surface area (Å²) in [5.74, 6) is 2.65. The first-order valence-corrected chi connectivity index (χ1v) is 8.30. The summed E-state index contributed by atoms with van der Waals surface area (Å²) in [6.07, 6.45) is 6.54. The number of nitrogens with one attached hydrogen (secondary N) is 1. The number of aromatic nitrogens is 2. The average molecular weight is 312 g/mol. The number of piperidine rings is 1. The summed E-state index contributed by atoms with van der Waals surface area (Å²) in [6.45, 7) is 2.97. The first kappa shape index (κ1) is 15.6. The molecule has 2 heterocycles. The molecule has 0 aliphatic carbocycles. The number of rotatable bonds is 6. The molecule has 5 nitrogen and oxygen atoms in total. The maximum Gasteiger partial charge on any atom is 0.224 e. The van der Waals surface area contributed by atoms with Crippen molar-refractivity contribution in [2.75, 3.05) is 37.0 Å². The van der Waals surface area contributed by atoms with Gasteiger partial charge in [-0.2, -0.15) is 4.98 Å². The topological polar surface area (TPSA) is 50.3 Å². The van der Waals surface area contributed by atoms with E-state index in [9.17, 15) is 0 Å². The standard InChI is InChI=1S/C18H24N4O/c1-23-16-8-4-3-7-15(16)9-11-19-18-20-12-10-17(21-18)22-13-5-2-6-14-22/h3-4,7-8,10,12H,2,5-6,9,11,13-14H2,1H3,(H,19,20,21). The van der Waals surface area contributed by atoms with Gasteiger partial charge in [0.05, 0.1) is 7.11 Å². The molecule has 0 atom stereocenters. The van der Waals surface area contributed by atoms with E-state index in [4.69, 9.17) is 4.74 Å². The van der Waals surface area contributed by atoms with Gasteiger partial charge in [-0.05, 0) is 43.4 Å². The van der Waals surface area contributed by atoms with Crippen LogP contribution in [0.4, 0.5) is 11.8 Å². The quantitative estimate of drug-likeness (QED) is 0.888. The Kier molecular flexibility index (Phi) is 5.29. The monoisotopic (exact) mass is 312 g/mol. The fourth-order valence-electron chi connectivity index (χ4n) is 2.95. The van der Waals surface area contributed by atoms with Crippen LogP contribution in [0.1, 0.15) is 24.8 Å². The smallest absolute Gasteiger partial charge is 0.224 e. The zero-order valence-corrected chi connectivity index (χ0v) is 13.7. The van der Waals surface area contributed by atoms with Gasteiger partial charge in [-0.15, -0.1) is 0 Å². The Hall–Kier alpha value is -2.30. The van der Waals surface area contributed by atoms with Gasteiger partial charge in [0.1, 0.15) is 11.6 Å². The Morgan fingerprint density at radius 3 is 2.78 bits per heavy atom. The lowest BCUT2D eigenvalue weighted by atomic mass is 10.1. The first-order valence-electron chi connectivity index (χ1n) is 8.30. The summed E-state index contributed by atoms with van der Waals surface area (Å²) in [4.78, 5) is 11.3. The van der Waals surface area contributed by atoms with Crippen LogP contribution in [0.3, 0.4) is 0 Å². The number of hydrogen-bond donors (Lipinski definition) is 1. The van der Waals surface area contributed by atoms with Gasteiger partial charge >= 0.3 is 0 Å². The molecule has 1 aromatic heterocycles. The maximum absolute atomic E-state index is 5.38. The molecule has 5 heteroatoms. The molecule has 1 N–H and O–H groups in total. The second kappa shape index (κ2) is 7.81. The molecular weight excluding hydrogens is 288 g/mol. The van der Waals surface area contributed by atoms with Crippen molar-refractivity contribution in [1.82, 2.24) is 9.97 Å². The predicted molar refractivity (Wildman–Crippen MR) is 93.3 cm³/mol. The number of nitrogens with zero attached hydrogens (tertiary/aromatic N) is 3. The Morgan fingerprint density at radius 1 is 1.13 bits per heavy atom. The molecule has 0 saturated carbocycles. The zero-order valence-electron chi connectivity index (χ0n) is 13.7. The summed E-state index contributed by atoms with van der Waals surface area (Å²) < 4.78 is 5.38. The molecule has 0 spiro atoms. The molecule has 0 bridgehead atoms. The lowest BCUT2D eigenvalue weighted by Gasteiger charge is -2.27. The fraction of sp³-hybridized carbons (Fsp3) is 0.444. The minimum atomic E-state index is 0.697. The van der Waals surface area contributed by atoms with Crippen LogP contribution in [0.15, 0.2) is 36.5 Å². The molecule has 122 valence electrons. The van der Waals surface area contributed by atoms with Crippen molar-refractivity contribution in [3.8, 4) is 5.75 Å². The van der Waals surface area contributed by atoms with Gasteiger partial charge < -0.3 is 15.0 Å². The molecule has 1 aromatic carbocycles. The van der Waals surface area contributed by atoms with Crippen molar-refractivity contribution in [2.45, 2.75) is 25.7 Å². The van der Waals surface area contributed by atoms with Crippen molar-refractivity contribution in [2.24, 2.45) is 0 Å². The van der Waals surface area contributed by atoms with Crippen molar-refractivity contribution in [3.05, 3.63) is 42.1 Å². The van der Waals surface area contributed by atoms with E-state index in [-0.39, 0.29) is 0 Å². The third-order valence-corrected chi connectivity index (χ3v) is 4.19. The lowest BCUT2D eigenvalue weighted by molar-refractivity contribution is 0.410. The van der Waals surface area contributed by atoms with E-state index in [0.717, 1.165) is 37.6 Å². The Morgan fingerprint density at radius 2 is 1.96 bits per heavy atom. The van der Waals surface area contributed by atoms with Gasteiger partial charge in [-0.25, -0.2) is 4.98 Å². The lowest BCUT2D eigenvalue weighted by Crippen LogP contribution is -2.30. The van der Waals surface area contributed by atoms with Crippen LogP contribution in [0.5, 0.6) is 5.75 Å². The molecule has 0 radical (unpaired) electrons. The summed E-state index contributed by atoms with van der Waals surface area (Å²) in [6, 6.07) is 10.1. The van der Waals surface area contributed by atoms with Crippen LogP contribution in [-0.2, 0) is 6.42 Å². The third-order valence-electron chi connectivity index (χ3n) is 4.19. The molecule has 1 fully saturated rings. The molecule has 1 saturated heterocycles. The van der Waals surface area contributed by atoms with Crippen LogP contribution < -0.4 is 15.0 Å². The molecule has 0 amide bonds. The fourth-order valence-corrected chi connectivity index (χ4v) is 2.95. The zero-order chi connectivity index (χ0) is 15.9. The van der Waals surface area contributed by atoms with E-state index in [1.807, 2.05) is 30.5 Å². The number of anilines is 2. The molecule has 0 unspecified atom stereocenters. The van der Waals surface area contributed by atoms with Crippen molar-refractivity contribution < 1.29 is 4.74 Å². The first-order chi connectivity index (χ1) is 11.4. The van der Waals surface area contributed by atoms with Crippen LogP contribution >= 0.6 is 0 Å². The van der Waals surface area contributed by atoms with E-state index in [1.54, 1.807) is 7.11 Å². The van der Waals surface area contributed by atoms with Crippen molar-refractivity contribution in [3.63, 3.8) is 0 Å². The van der Waals surface area contributed by atoms with E-state index in [1.165, 1.54) is 24.8 Å². The summed E-state index contributed by atoms with van der Waals surface area (Å²) in [5, 5.41) is 3.32. The normalized spacial score (nSPS) is 14.6. The summed E-state index contributed by atoms with van der Waals surface area (Å²) in [5.41, 5.74) is 1.19. The highest BCUT2D eigenvalue weighted by Gasteiger charge is 2.12. The van der Waals surface area contributed by atoms with Gasteiger partial charge in [-0.1, -0.05) is 18.2 Å². The second-order valence-electron chi connectivity index (χ2n) is 5.77. The SMILES string of the molecule is COc1ccccc1CCNc1nccc(N2CCCCC2)n1. The minimum absolute atomic E-state index is 0.697. The van der Waals surface area contributed by atoms with Crippen molar-refractivity contribution >= 4 is 11.8 Å². The number of methoxy groups -OCH3 is 1. The Balaban J connectivity index is 1.58. The van der Waals surface area contributed by atoms with E-state index in [2.05, 4.69) is 26.3 Å². The molecule has 2 aromatic rings. The highest BCUT2D eigenvalue weighted by Crippen LogP contribution is 2.19. The van der Waals surface area contributed by atoms with Gasteiger partial charge in [0.15, 0.2) is 0 Å². The highest BCUT2D eigenvalue weighted by molar-refractivity contribution is 5.43. The molecule has 1 aliphatic rings. The summed E-state index contributed by atoms with van der Waals surface area (Å²) >= 11 is 0. The van der Waals surface area contributed by atoms with Crippen LogP contribution in [0, 0.1) is 0 Å². The van der Waals surface area contributed by atoms with Crippen LogP contribution in [0.2, 0.25) is 0 Å². The summed E-state index contributed by atoms with van der Waals surface area (Å²) in [7, 11) is 1.71. The largest absolute Gasteiger partial charge is 0.496 e. The number of ether oxygens (including phenoxy) is 1. The number of benzene rings is 1. The van der Waals surface area contributed by atoms with Crippen molar-refractivity contribution in [1.29, 1.82) is 0 Å². The molecular formula is C18H24N4O. The van der Waals surface area contributed by atoms with Crippen LogP contribution in [-0.4, -0.2) is 36.7 Å². The number of para-hydroxylation sites is 1. The highest BCUT2D eigenvalue weighted by atomic mass is 16.5. The second-order valence-corrected chi connectivity index (χ2v) is 5.77. The van der Waals surface area contributed by atoms with E-state index < -0.39 is 0 Å². The minimum Gasteiger partial charge on any atom is -0.496 e. The maximum atomic E-state index is 5.38. The molecule has 3 rings (SSSR count). The Bertz CT molecular complexity index is 626. The van der Waals surface area contributed by atoms with Gasteiger partial charge in [0.25, 0.3) is 0 Å². The van der Waals surface area contributed by atoms with Crippen LogP contribution in [0.25, 0.3) is 0 Å². The predicted octanol–water partition coefficient (Wildman–Crippen LogP) is 3.13. The van der Waals surface area contributed by atoms with E-state index in [0.29, 0.717) is 5.95 Å². The van der Waals surface area contributed by atoms with Gasteiger partial charge in [0, 0.05) is 25.8 Å². The third kappa shape index (κ3) is 4.12. The number of hydrogen-bond acceptors (Lipinski definition) is 5. The Labute approximate surface area is 137 Å². The van der Waals surface area contributed by atoms with E-state index >= 15 is 0 Å². The molecule has 23 heavy (non-hydrogen) atoms. The average Bonchev–Trinajstić information content (AvgIpc) is 2.63. The molecule has 1 aliphatic heterocycles. The van der Waals surface area contributed by atoms with Gasteiger partial charge in [-0.3, -0.25) is 0 Å². The van der Waals surface area contributed by atoms with Gasteiger partial charge in [0.2, 0.25) is 5.95 Å².